The lowest BCUT2D eigenvalue weighted by Gasteiger charge is -2.18. The predicted molar refractivity (Wildman–Crippen MR) is 115 cm³/mol. The Morgan fingerprint density at radius 2 is 1.79 bits per heavy atom. The van der Waals surface area contributed by atoms with Gasteiger partial charge in [-0.25, -0.2) is 4.68 Å². The molecule has 29 heavy (non-hydrogen) atoms. The second-order valence-corrected chi connectivity index (χ2v) is 7.49. The summed E-state index contributed by atoms with van der Waals surface area (Å²) in [5.41, 5.74) is 2.27. The maximum atomic E-state index is 12.7. The molecule has 2 aromatic carbocycles. The number of carbonyl (C=O) groups is 2. The lowest BCUT2D eigenvalue weighted by molar-refractivity contribution is -0.120. The molecule has 1 atom stereocenters. The van der Waals surface area contributed by atoms with Crippen molar-refractivity contribution in [3.63, 3.8) is 0 Å². The van der Waals surface area contributed by atoms with E-state index >= 15 is 0 Å². The van der Waals surface area contributed by atoms with E-state index in [1.807, 2.05) is 19.1 Å². The number of hydrogen-bond donors (Lipinski definition) is 2. The lowest BCUT2D eigenvalue weighted by atomic mass is 10.0. The molecule has 0 saturated carbocycles. The van der Waals surface area contributed by atoms with E-state index in [0.29, 0.717) is 15.9 Å². The normalized spacial score (nSPS) is 11.7. The Balaban J connectivity index is 1.80. The molecule has 1 aromatic heterocycles. The van der Waals surface area contributed by atoms with Crippen molar-refractivity contribution >= 4 is 40.8 Å². The molecule has 8 heteroatoms. The largest absolute Gasteiger partial charge is 0.349 e. The summed E-state index contributed by atoms with van der Waals surface area (Å²) in [7, 11) is 0. The van der Waals surface area contributed by atoms with Gasteiger partial charge in [-0.3, -0.25) is 9.59 Å². The van der Waals surface area contributed by atoms with E-state index in [1.54, 1.807) is 47.1 Å². The van der Waals surface area contributed by atoms with E-state index in [4.69, 9.17) is 23.2 Å². The van der Waals surface area contributed by atoms with Crippen LogP contribution in [0.15, 0.2) is 54.6 Å². The van der Waals surface area contributed by atoms with Crippen molar-refractivity contribution in [3.8, 4) is 5.69 Å². The summed E-state index contributed by atoms with van der Waals surface area (Å²) in [5.74, 6) is 0.0342. The van der Waals surface area contributed by atoms with Gasteiger partial charge in [0.2, 0.25) is 11.8 Å². The first-order valence-corrected chi connectivity index (χ1v) is 9.72. The summed E-state index contributed by atoms with van der Waals surface area (Å²) in [5, 5.41) is 11.3. The minimum absolute atomic E-state index is 0.0565. The lowest BCUT2D eigenvalue weighted by Crippen LogP contribution is -2.30. The second-order valence-electron chi connectivity index (χ2n) is 6.62. The quantitative estimate of drug-likeness (QED) is 0.595. The number of nitrogens with one attached hydrogen (secondary N) is 2. The van der Waals surface area contributed by atoms with E-state index in [0.717, 1.165) is 16.9 Å². The van der Waals surface area contributed by atoms with Gasteiger partial charge >= 0.3 is 0 Å². The first-order chi connectivity index (χ1) is 13.8. The van der Waals surface area contributed by atoms with Gasteiger partial charge in [0.05, 0.1) is 23.8 Å². The first-order valence-electron chi connectivity index (χ1n) is 8.97. The highest BCUT2D eigenvalue weighted by Crippen LogP contribution is 2.23. The highest BCUT2D eigenvalue weighted by atomic mass is 35.5. The van der Waals surface area contributed by atoms with Crippen LogP contribution >= 0.6 is 23.2 Å². The maximum absolute atomic E-state index is 12.7. The molecule has 0 aliphatic heterocycles. The Morgan fingerprint density at radius 1 is 1.07 bits per heavy atom. The van der Waals surface area contributed by atoms with Gasteiger partial charge in [-0.1, -0.05) is 41.4 Å². The molecule has 3 aromatic rings. The first kappa shape index (κ1) is 20.9. The number of benzene rings is 2. The molecule has 0 aliphatic carbocycles. The SMILES string of the molecule is CC(=O)NC(CC(=O)Nc1cc(C)nn1-c1cccc(Cl)c1)c1ccc(Cl)cc1. The molecule has 3 rings (SSSR count). The fraction of sp³-hybridized carbons (Fsp3) is 0.190. The number of anilines is 1. The molecule has 0 spiro atoms. The number of amides is 2. The van der Waals surface area contributed by atoms with Crippen LogP contribution in [0.1, 0.15) is 30.6 Å². The molecule has 1 unspecified atom stereocenters. The summed E-state index contributed by atoms with van der Waals surface area (Å²) in [6, 6.07) is 15.5. The van der Waals surface area contributed by atoms with Gasteiger partial charge in [-0.15, -0.1) is 0 Å². The Kier molecular flexibility index (Phi) is 6.56. The molecule has 2 N–H and O–H groups in total. The average molecular weight is 431 g/mol. The van der Waals surface area contributed by atoms with Crippen LogP contribution in [0, 0.1) is 6.92 Å². The third kappa shape index (κ3) is 5.59. The van der Waals surface area contributed by atoms with Crippen molar-refractivity contribution in [1.82, 2.24) is 15.1 Å². The zero-order chi connectivity index (χ0) is 21.0. The molecule has 150 valence electrons. The van der Waals surface area contributed by atoms with E-state index < -0.39 is 6.04 Å². The number of carbonyl (C=O) groups excluding carboxylic acids is 2. The molecule has 6 nitrogen and oxygen atoms in total. The smallest absolute Gasteiger partial charge is 0.227 e. The van der Waals surface area contributed by atoms with Gasteiger partial charge in [0.1, 0.15) is 5.82 Å². The number of aryl methyl sites for hydroxylation is 1. The average Bonchev–Trinajstić information content (AvgIpc) is 3.01. The molecule has 0 bridgehead atoms. The monoisotopic (exact) mass is 430 g/mol. The fourth-order valence-corrected chi connectivity index (χ4v) is 3.28. The van der Waals surface area contributed by atoms with E-state index in [2.05, 4.69) is 15.7 Å². The second kappa shape index (κ2) is 9.11. The van der Waals surface area contributed by atoms with Crippen LogP contribution in [0.25, 0.3) is 5.69 Å². The van der Waals surface area contributed by atoms with Crippen molar-refractivity contribution in [2.24, 2.45) is 0 Å². The van der Waals surface area contributed by atoms with Crippen molar-refractivity contribution in [3.05, 3.63) is 75.9 Å². The van der Waals surface area contributed by atoms with Crippen molar-refractivity contribution in [1.29, 1.82) is 0 Å². The van der Waals surface area contributed by atoms with E-state index in [-0.39, 0.29) is 18.2 Å². The van der Waals surface area contributed by atoms with Crippen molar-refractivity contribution in [2.45, 2.75) is 26.3 Å². The van der Waals surface area contributed by atoms with Crippen LogP contribution in [0.4, 0.5) is 5.82 Å². The van der Waals surface area contributed by atoms with Gasteiger partial charge in [0.25, 0.3) is 0 Å². The van der Waals surface area contributed by atoms with Gasteiger partial charge in [0.15, 0.2) is 0 Å². The summed E-state index contributed by atoms with van der Waals surface area (Å²) in [6.07, 6.45) is 0.0565. The summed E-state index contributed by atoms with van der Waals surface area (Å²) < 4.78 is 1.62. The molecule has 0 radical (unpaired) electrons. The van der Waals surface area contributed by atoms with Crippen LogP contribution < -0.4 is 10.6 Å². The Morgan fingerprint density at radius 3 is 2.45 bits per heavy atom. The minimum atomic E-state index is -0.478. The van der Waals surface area contributed by atoms with Crippen LogP contribution in [0.3, 0.4) is 0 Å². The third-order valence-electron chi connectivity index (χ3n) is 4.19. The van der Waals surface area contributed by atoms with Gasteiger partial charge in [-0.2, -0.15) is 5.10 Å². The third-order valence-corrected chi connectivity index (χ3v) is 4.68. The molecular weight excluding hydrogens is 411 g/mol. The number of halogens is 2. The molecule has 0 fully saturated rings. The van der Waals surface area contributed by atoms with E-state index in [1.165, 1.54) is 6.92 Å². The number of aromatic nitrogens is 2. The number of rotatable bonds is 6. The van der Waals surface area contributed by atoms with Crippen LogP contribution in [0.2, 0.25) is 10.0 Å². The Hall–Kier alpha value is -2.83. The fourth-order valence-electron chi connectivity index (χ4n) is 2.97. The Labute approximate surface area is 178 Å². The summed E-state index contributed by atoms with van der Waals surface area (Å²) in [4.78, 5) is 24.4. The summed E-state index contributed by atoms with van der Waals surface area (Å²) >= 11 is 12.0. The molecule has 1 heterocycles. The molecule has 0 aliphatic rings. The molecule has 0 saturated heterocycles. The molecule has 2 amide bonds. The van der Waals surface area contributed by atoms with Gasteiger partial charge < -0.3 is 10.6 Å². The number of nitrogens with zero attached hydrogens (tertiary/aromatic N) is 2. The van der Waals surface area contributed by atoms with Gasteiger partial charge in [-0.05, 0) is 42.8 Å². The minimum Gasteiger partial charge on any atom is -0.349 e. The standard InChI is InChI=1S/C21H20Cl2N4O2/c1-13-10-20(27(26-13)18-5-3-4-17(23)11-18)25-21(29)12-19(24-14(2)28)15-6-8-16(22)9-7-15/h3-11,19H,12H2,1-2H3,(H,24,28)(H,25,29). The highest BCUT2D eigenvalue weighted by Gasteiger charge is 2.19. The van der Waals surface area contributed by atoms with Crippen molar-refractivity contribution in [2.75, 3.05) is 5.32 Å². The van der Waals surface area contributed by atoms with Crippen LogP contribution in [-0.2, 0) is 9.59 Å². The predicted octanol–water partition coefficient (Wildman–Crippen LogP) is 4.69. The highest BCUT2D eigenvalue weighted by molar-refractivity contribution is 6.31. The number of hydrogen-bond acceptors (Lipinski definition) is 3. The van der Waals surface area contributed by atoms with Crippen molar-refractivity contribution < 1.29 is 9.59 Å². The topological polar surface area (TPSA) is 76.0 Å². The zero-order valence-electron chi connectivity index (χ0n) is 15.9. The van der Waals surface area contributed by atoms with Gasteiger partial charge in [0, 0.05) is 23.0 Å². The molecular formula is C21H20Cl2N4O2. The van der Waals surface area contributed by atoms with E-state index in [9.17, 15) is 9.59 Å². The summed E-state index contributed by atoms with van der Waals surface area (Å²) in [6.45, 7) is 3.25. The van der Waals surface area contributed by atoms with Crippen LogP contribution in [-0.4, -0.2) is 21.6 Å². The maximum Gasteiger partial charge on any atom is 0.227 e. The Bertz CT molecular complexity index is 1030. The zero-order valence-corrected chi connectivity index (χ0v) is 17.5. The van der Waals surface area contributed by atoms with Crippen LogP contribution in [0.5, 0.6) is 0 Å².